The fourth-order valence-electron chi connectivity index (χ4n) is 2.70. The molecular formula is C10H19NO2. The second-order valence-electron chi connectivity index (χ2n) is 4.50. The molecule has 3 nitrogen and oxygen atoms in total. The van der Waals surface area contributed by atoms with Gasteiger partial charge < -0.3 is 15.2 Å². The van der Waals surface area contributed by atoms with Gasteiger partial charge in [0.15, 0.2) is 0 Å². The van der Waals surface area contributed by atoms with E-state index in [0.717, 1.165) is 19.4 Å². The van der Waals surface area contributed by atoms with Gasteiger partial charge in [-0.05, 0) is 19.3 Å². The molecular weight excluding hydrogens is 166 g/mol. The molecule has 2 rings (SSSR count). The lowest BCUT2D eigenvalue weighted by Gasteiger charge is -2.36. The van der Waals surface area contributed by atoms with Gasteiger partial charge in [-0.3, -0.25) is 0 Å². The summed E-state index contributed by atoms with van der Waals surface area (Å²) in [6, 6.07) is 0. The van der Waals surface area contributed by atoms with Crippen LogP contribution in [-0.4, -0.2) is 31.5 Å². The minimum Gasteiger partial charge on any atom is -0.384 e. The number of hydrogen-bond donors (Lipinski definition) is 1. The Morgan fingerprint density at radius 3 is 2.85 bits per heavy atom. The average Bonchev–Trinajstić information content (AvgIpc) is 2.64. The van der Waals surface area contributed by atoms with E-state index in [2.05, 4.69) is 6.92 Å². The molecule has 0 radical (unpaired) electrons. The van der Waals surface area contributed by atoms with E-state index in [1.165, 1.54) is 6.42 Å². The monoisotopic (exact) mass is 185 g/mol. The van der Waals surface area contributed by atoms with Crippen LogP contribution in [0, 0.1) is 5.92 Å². The summed E-state index contributed by atoms with van der Waals surface area (Å²) in [6.45, 7) is 2.90. The minimum atomic E-state index is -0.126. The third-order valence-corrected chi connectivity index (χ3v) is 3.62. The molecule has 0 saturated carbocycles. The molecule has 2 bridgehead atoms. The molecule has 0 amide bonds. The summed E-state index contributed by atoms with van der Waals surface area (Å²) in [5.41, 5.74) is 6.24. The number of hydrogen-bond acceptors (Lipinski definition) is 3. The largest absolute Gasteiger partial charge is 0.384 e. The fourth-order valence-corrected chi connectivity index (χ4v) is 2.70. The summed E-state index contributed by atoms with van der Waals surface area (Å²) in [4.78, 5) is 0. The highest BCUT2D eigenvalue weighted by atomic mass is 16.5. The highest BCUT2D eigenvalue weighted by Crippen LogP contribution is 2.43. The lowest BCUT2D eigenvalue weighted by atomic mass is 9.74. The Morgan fingerprint density at radius 1 is 1.62 bits per heavy atom. The molecule has 0 aromatic heterocycles. The van der Waals surface area contributed by atoms with Gasteiger partial charge in [0.2, 0.25) is 0 Å². The molecule has 2 N–H and O–H groups in total. The zero-order valence-electron chi connectivity index (χ0n) is 8.45. The molecule has 2 heterocycles. The van der Waals surface area contributed by atoms with Crippen molar-refractivity contribution in [3.8, 4) is 0 Å². The molecule has 0 aromatic rings. The Bertz CT molecular complexity index is 197. The van der Waals surface area contributed by atoms with Crippen LogP contribution in [0.2, 0.25) is 0 Å². The van der Waals surface area contributed by atoms with Gasteiger partial charge in [-0.25, -0.2) is 0 Å². The first-order valence-corrected chi connectivity index (χ1v) is 5.10. The van der Waals surface area contributed by atoms with Crippen LogP contribution in [0.15, 0.2) is 0 Å². The zero-order chi connectivity index (χ0) is 9.47. The van der Waals surface area contributed by atoms with E-state index in [9.17, 15) is 0 Å². The first kappa shape index (κ1) is 9.44. The van der Waals surface area contributed by atoms with Crippen molar-refractivity contribution in [1.82, 2.24) is 0 Å². The minimum absolute atomic E-state index is 0.126. The van der Waals surface area contributed by atoms with Gasteiger partial charge in [0.05, 0.1) is 18.8 Å². The van der Waals surface area contributed by atoms with E-state index in [0.29, 0.717) is 12.0 Å². The van der Waals surface area contributed by atoms with Crippen molar-refractivity contribution >= 4 is 0 Å². The Balaban J connectivity index is 2.04. The molecule has 13 heavy (non-hydrogen) atoms. The first-order valence-electron chi connectivity index (χ1n) is 5.10. The van der Waals surface area contributed by atoms with Crippen molar-refractivity contribution in [3.63, 3.8) is 0 Å². The van der Waals surface area contributed by atoms with E-state index in [-0.39, 0.29) is 11.6 Å². The van der Waals surface area contributed by atoms with E-state index in [1.807, 2.05) is 0 Å². The smallest absolute Gasteiger partial charge is 0.0763 e. The van der Waals surface area contributed by atoms with Crippen molar-refractivity contribution in [2.24, 2.45) is 11.7 Å². The third-order valence-electron chi connectivity index (χ3n) is 3.62. The van der Waals surface area contributed by atoms with Gasteiger partial charge >= 0.3 is 0 Å². The summed E-state index contributed by atoms with van der Waals surface area (Å²) in [5, 5.41) is 0. The molecule has 0 aromatic carbocycles. The maximum Gasteiger partial charge on any atom is 0.0763 e. The zero-order valence-corrected chi connectivity index (χ0v) is 8.45. The van der Waals surface area contributed by atoms with Crippen molar-refractivity contribution in [2.75, 3.05) is 13.7 Å². The van der Waals surface area contributed by atoms with Gasteiger partial charge in [0.25, 0.3) is 0 Å². The summed E-state index contributed by atoms with van der Waals surface area (Å²) in [6.07, 6.45) is 4.05. The van der Waals surface area contributed by atoms with Gasteiger partial charge in [0, 0.05) is 18.6 Å². The number of methoxy groups -OCH3 is 1. The Kier molecular flexibility index (Phi) is 2.34. The standard InChI is InChI=1S/C10H19NO2/c1-7(6-12-2)10(11)5-8-3-4-9(10)13-8/h7-9H,3-6,11H2,1-2H3. The van der Waals surface area contributed by atoms with Crippen molar-refractivity contribution in [2.45, 2.75) is 43.9 Å². The lowest BCUT2D eigenvalue weighted by Crippen LogP contribution is -2.55. The molecule has 2 aliphatic rings. The van der Waals surface area contributed by atoms with Crippen molar-refractivity contribution in [1.29, 1.82) is 0 Å². The molecule has 2 aliphatic heterocycles. The van der Waals surface area contributed by atoms with Crippen LogP contribution < -0.4 is 5.73 Å². The average molecular weight is 185 g/mol. The van der Waals surface area contributed by atoms with E-state index < -0.39 is 0 Å². The summed E-state index contributed by atoms with van der Waals surface area (Å²) >= 11 is 0. The second kappa shape index (κ2) is 3.23. The highest BCUT2D eigenvalue weighted by Gasteiger charge is 2.52. The predicted molar refractivity (Wildman–Crippen MR) is 50.5 cm³/mol. The molecule has 0 spiro atoms. The van der Waals surface area contributed by atoms with Gasteiger partial charge in [-0.15, -0.1) is 0 Å². The van der Waals surface area contributed by atoms with Crippen LogP contribution in [0.5, 0.6) is 0 Å². The van der Waals surface area contributed by atoms with Crippen molar-refractivity contribution in [3.05, 3.63) is 0 Å². The van der Waals surface area contributed by atoms with Crippen LogP contribution in [0.1, 0.15) is 26.2 Å². The number of rotatable bonds is 3. The normalized spacial score (nSPS) is 45.5. The van der Waals surface area contributed by atoms with E-state index >= 15 is 0 Å². The van der Waals surface area contributed by atoms with Crippen LogP contribution in [0.3, 0.4) is 0 Å². The molecule has 3 heteroatoms. The van der Waals surface area contributed by atoms with E-state index in [1.54, 1.807) is 7.11 Å². The number of fused-ring (bicyclic) bond motifs is 2. The Morgan fingerprint density at radius 2 is 2.38 bits per heavy atom. The van der Waals surface area contributed by atoms with Gasteiger partial charge in [0.1, 0.15) is 0 Å². The Labute approximate surface area is 79.6 Å². The third kappa shape index (κ3) is 1.39. The van der Waals surface area contributed by atoms with Crippen LogP contribution in [-0.2, 0) is 9.47 Å². The number of nitrogens with two attached hydrogens (primary N) is 1. The van der Waals surface area contributed by atoms with Gasteiger partial charge in [-0.2, -0.15) is 0 Å². The highest BCUT2D eigenvalue weighted by molar-refractivity contribution is 5.07. The quantitative estimate of drug-likeness (QED) is 0.711. The Hall–Kier alpha value is -0.120. The summed E-state index contributed by atoms with van der Waals surface area (Å²) < 4.78 is 10.9. The van der Waals surface area contributed by atoms with Crippen LogP contribution in [0.4, 0.5) is 0 Å². The van der Waals surface area contributed by atoms with Gasteiger partial charge in [-0.1, -0.05) is 6.92 Å². The van der Waals surface area contributed by atoms with Crippen LogP contribution in [0.25, 0.3) is 0 Å². The SMILES string of the molecule is COCC(C)C1(N)CC2CCC1O2. The predicted octanol–water partition coefficient (Wildman–Crippen LogP) is 0.918. The van der Waals surface area contributed by atoms with E-state index in [4.69, 9.17) is 15.2 Å². The second-order valence-corrected chi connectivity index (χ2v) is 4.50. The number of ether oxygens (including phenoxy) is 2. The fraction of sp³-hybridized carbons (Fsp3) is 1.00. The molecule has 76 valence electrons. The lowest BCUT2D eigenvalue weighted by molar-refractivity contribution is 0.0497. The molecule has 4 atom stereocenters. The molecule has 0 aliphatic carbocycles. The molecule has 2 fully saturated rings. The maximum absolute atomic E-state index is 6.37. The van der Waals surface area contributed by atoms with Crippen LogP contribution >= 0.6 is 0 Å². The first-order chi connectivity index (χ1) is 6.16. The topological polar surface area (TPSA) is 44.5 Å². The summed E-state index contributed by atoms with van der Waals surface area (Å²) in [5.74, 6) is 0.396. The maximum atomic E-state index is 6.37. The summed E-state index contributed by atoms with van der Waals surface area (Å²) in [7, 11) is 1.73. The molecule has 2 saturated heterocycles. The molecule has 4 unspecified atom stereocenters. The van der Waals surface area contributed by atoms with Crippen molar-refractivity contribution < 1.29 is 9.47 Å².